The van der Waals surface area contributed by atoms with Crippen molar-refractivity contribution in [2.24, 2.45) is 0 Å². The molecule has 0 saturated carbocycles. The number of rotatable bonds is 4. The van der Waals surface area contributed by atoms with Gasteiger partial charge in [0.15, 0.2) is 0 Å². The lowest BCUT2D eigenvalue weighted by Crippen LogP contribution is -2.06. The molecule has 0 radical (unpaired) electrons. The Morgan fingerprint density at radius 3 is 2.23 bits per heavy atom. The fourth-order valence-electron chi connectivity index (χ4n) is 0.360. The maximum atomic E-state index is 11.1. The molecular formula is C6H8Cl4OS2. The first kappa shape index (κ1) is 14.5. The Kier molecular flexibility index (Phi) is 8.69. The minimum absolute atomic E-state index is 0.0360. The van der Waals surface area contributed by atoms with E-state index in [0.717, 1.165) is 23.5 Å². The van der Waals surface area contributed by atoms with E-state index in [0.29, 0.717) is 5.75 Å². The van der Waals surface area contributed by atoms with Gasteiger partial charge in [-0.15, -0.1) is 46.4 Å². The molecule has 0 aromatic carbocycles. The number of halogens is 4. The molecule has 0 aliphatic carbocycles. The molecule has 78 valence electrons. The summed E-state index contributed by atoms with van der Waals surface area (Å²) < 4.78 is -0.715. The van der Waals surface area contributed by atoms with Crippen LogP contribution in [0.1, 0.15) is 6.92 Å². The minimum atomic E-state index is -0.746. The maximum Gasteiger partial charge on any atom is 0.247 e. The summed E-state index contributed by atoms with van der Waals surface area (Å²) in [6, 6.07) is 0. The van der Waals surface area contributed by atoms with Crippen molar-refractivity contribution in [3.63, 3.8) is 0 Å². The Morgan fingerprint density at radius 1 is 1.31 bits per heavy atom. The Balaban J connectivity index is 3.62. The van der Waals surface area contributed by atoms with Crippen molar-refractivity contribution in [2.75, 3.05) is 5.75 Å². The first-order valence-corrected chi connectivity index (χ1v) is 6.94. The van der Waals surface area contributed by atoms with Crippen molar-refractivity contribution < 1.29 is 4.79 Å². The van der Waals surface area contributed by atoms with E-state index in [1.165, 1.54) is 0 Å². The smallest absolute Gasteiger partial charge is 0.247 e. The largest absolute Gasteiger partial charge is 0.274 e. The zero-order chi connectivity index (χ0) is 10.4. The first-order valence-electron chi connectivity index (χ1n) is 3.33. The molecule has 0 unspecified atom stereocenters. The Hall–Kier alpha value is 1.53. The predicted octanol–water partition coefficient (Wildman–Crippen LogP) is 4.57. The molecule has 0 aliphatic rings. The van der Waals surface area contributed by atoms with E-state index < -0.39 is 9.55 Å². The summed E-state index contributed by atoms with van der Waals surface area (Å²) in [7, 11) is 0. The van der Waals surface area contributed by atoms with Crippen LogP contribution in [-0.4, -0.2) is 25.1 Å². The minimum Gasteiger partial charge on any atom is -0.274 e. The van der Waals surface area contributed by atoms with Gasteiger partial charge in [0.2, 0.25) is 4.45 Å². The van der Waals surface area contributed by atoms with Crippen molar-refractivity contribution >= 4 is 74.4 Å². The molecule has 0 saturated heterocycles. The van der Waals surface area contributed by atoms with Crippen LogP contribution in [0, 0.1) is 0 Å². The van der Waals surface area contributed by atoms with Crippen LogP contribution >= 0.6 is 69.9 Å². The topological polar surface area (TPSA) is 17.1 Å². The molecule has 0 heterocycles. The lowest BCUT2D eigenvalue weighted by atomic mass is 10.6. The molecule has 0 spiro atoms. The monoisotopic (exact) mass is 300 g/mol. The second kappa shape index (κ2) is 7.77. The van der Waals surface area contributed by atoms with Crippen LogP contribution in [0.4, 0.5) is 4.79 Å². The molecule has 0 aromatic heterocycles. The molecule has 1 nitrogen and oxygen atoms in total. The molecule has 0 rings (SSSR count). The van der Waals surface area contributed by atoms with Crippen molar-refractivity contribution in [1.82, 2.24) is 0 Å². The van der Waals surface area contributed by atoms with Gasteiger partial charge in [0.05, 0.1) is 0 Å². The molecule has 0 amide bonds. The highest BCUT2D eigenvalue weighted by molar-refractivity contribution is 8.39. The molecule has 2 atom stereocenters. The average molecular weight is 302 g/mol. The number of thioether (sulfide) groups is 2. The average Bonchev–Trinajstić information content (AvgIpc) is 2.00. The molecule has 13 heavy (non-hydrogen) atoms. The van der Waals surface area contributed by atoms with E-state index in [9.17, 15) is 4.79 Å². The van der Waals surface area contributed by atoms with Gasteiger partial charge in [-0.05, 0) is 6.92 Å². The van der Waals surface area contributed by atoms with Gasteiger partial charge >= 0.3 is 0 Å². The Labute approximate surface area is 106 Å². The predicted molar refractivity (Wildman–Crippen MR) is 65.9 cm³/mol. The zero-order valence-electron chi connectivity index (χ0n) is 6.68. The van der Waals surface area contributed by atoms with Gasteiger partial charge in [-0.2, -0.15) is 0 Å². The Morgan fingerprint density at radius 2 is 1.85 bits per heavy atom. The van der Waals surface area contributed by atoms with E-state index in [2.05, 4.69) is 0 Å². The van der Waals surface area contributed by atoms with Crippen molar-refractivity contribution in [1.29, 1.82) is 0 Å². The number of carbonyl (C=O) groups is 1. The third-order valence-corrected chi connectivity index (χ3v) is 4.99. The summed E-state index contributed by atoms with van der Waals surface area (Å²) >= 11 is 24.3. The highest BCUT2D eigenvalue weighted by atomic mass is 35.5. The van der Waals surface area contributed by atoms with Crippen LogP contribution in [0.5, 0.6) is 0 Å². The lowest BCUT2D eigenvalue weighted by Gasteiger charge is -2.07. The summed E-state index contributed by atoms with van der Waals surface area (Å²) in [6.07, 6.45) is 0. The normalized spacial score (nSPS) is 15.8. The third-order valence-electron chi connectivity index (χ3n) is 0.838. The van der Waals surface area contributed by atoms with Gasteiger partial charge in [-0.1, -0.05) is 23.5 Å². The number of alkyl halides is 4. The van der Waals surface area contributed by atoms with Crippen LogP contribution in [0.15, 0.2) is 0 Å². The standard InChI is InChI=1S/C6H8Cl4OS2/c1-3(7)2-12-6(11)13-5(10)4(8)9/h3-5H,2H2,1H3/t3-,5-/m1/s1. The first-order chi connectivity index (χ1) is 5.93. The van der Waals surface area contributed by atoms with Crippen LogP contribution in [0.25, 0.3) is 0 Å². The maximum absolute atomic E-state index is 11.1. The second-order valence-corrected chi connectivity index (χ2v) is 7.15. The van der Waals surface area contributed by atoms with Gasteiger partial charge < -0.3 is 0 Å². The molecule has 7 heteroatoms. The van der Waals surface area contributed by atoms with Crippen LogP contribution in [0.3, 0.4) is 0 Å². The summed E-state index contributed by atoms with van der Waals surface area (Å²) in [5.41, 5.74) is 0. The van der Waals surface area contributed by atoms with Gasteiger partial charge in [0.1, 0.15) is 9.55 Å². The molecule has 0 aromatic rings. The SMILES string of the molecule is C[C@@H](Cl)CSC(=O)S[C@@H](Cl)C(Cl)Cl. The summed E-state index contributed by atoms with van der Waals surface area (Å²) in [5, 5.41) is -0.0360. The van der Waals surface area contributed by atoms with Gasteiger partial charge in [0, 0.05) is 11.1 Å². The zero-order valence-corrected chi connectivity index (χ0v) is 11.3. The van der Waals surface area contributed by atoms with E-state index >= 15 is 0 Å². The van der Waals surface area contributed by atoms with E-state index in [1.54, 1.807) is 0 Å². The molecular weight excluding hydrogens is 294 g/mol. The third kappa shape index (κ3) is 8.52. The summed E-state index contributed by atoms with van der Waals surface area (Å²) in [4.78, 5) is 10.4. The van der Waals surface area contributed by atoms with Crippen molar-refractivity contribution in [3.8, 4) is 0 Å². The van der Waals surface area contributed by atoms with E-state index in [-0.39, 0.29) is 9.82 Å². The summed E-state index contributed by atoms with van der Waals surface area (Å²) in [6.45, 7) is 1.82. The van der Waals surface area contributed by atoms with Crippen molar-refractivity contribution in [2.45, 2.75) is 21.8 Å². The number of hydrogen-bond donors (Lipinski definition) is 0. The van der Waals surface area contributed by atoms with Gasteiger partial charge in [0.25, 0.3) is 0 Å². The molecule has 0 fully saturated rings. The number of carbonyl (C=O) groups excluding carboxylic acids is 1. The van der Waals surface area contributed by atoms with Crippen LogP contribution in [-0.2, 0) is 0 Å². The Bertz CT molecular complexity index is 165. The fraction of sp³-hybridized carbons (Fsp3) is 0.833. The van der Waals surface area contributed by atoms with Gasteiger partial charge in [-0.3, -0.25) is 4.79 Å². The van der Waals surface area contributed by atoms with E-state index in [4.69, 9.17) is 46.4 Å². The molecule has 0 aliphatic heterocycles. The quantitative estimate of drug-likeness (QED) is 0.708. The fourth-order valence-corrected chi connectivity index (χ4v) is 2.70. The van der Waals surface area contributed by atoms with Gasteiger partial charge in [-0.25, -0.2) is 0 Å². The van der Waals surface area contributed by atoms with Crippen molar-refractivity contribution in [3.05, 3.63) is 0 Å². The van der Waals surface area contributed by atoms with Crippen LogP contribution < -0.4 is 0 Å². The lowest BCUT2D eigenvalue weighted by molar-refractivity contribution is 0.276. The van der Waals surface area contributed by atoms with Crippen LogP contribution in [0.2, 0.25) is 0 Å². The molecule has 0 N–H and O–H groups in total. The molecule has 0 bridgehead atoms. The number of hydrogen-bond acceptors (Lipinski definition) is 3. The summed E-state index contributed by atoms with van der Waals surface area (Å²) in [5.74, 6) is 0.562. The van der Waals surface area contributed by atoms with E-state index in [1.807, 2.05) is 6.92 Å². The highest BCUT2D eigenvalue weighted by Gasteiger charge is 2.19. The second-order valence-electron chi connectivity index (χ2n) is 2.15. The highest BCUT2D eigenvalue weighted by Crippen LogP contribution is 2.30.